The molecule has 27 heteroatoms. The number of hydrogen-bond donors (Lipinski definition) is 0. The third-order valence-electron chi connectivity index (χ3n) is 5.10. The molecule has 0 amide bonds. The van der Waals surface area contributed by atoms with E-state index in [4.69, 9.17) is 0 Å². The van der Waals surface area contributed by atoms with Gasteiger partial charge in [-0.1, -0.05) is 6.58 Å². The molecule has 0 saturated carbocycles. The molecule has 0 aromatic carbocycles. The number of carbonyl (C=O) groups is 1. The monoisotopic (exact) mass is 718 g/mol. The minimum Gasteiger partial charge on any atom is -0.456 e. The average Bonchev–Trinajstić information content (AvgIpc) is 2.80. The lowest BCUT2D eigenvalue weighted by atomic mass is 9.84. The van der Waals surface area contributed by atoms with Crippen LogP contribution in [0.3, 0.4) is 0 Å². The Balaban J connectivity index is 7.22. The highest BCUT2D eigenvalue weighted by atomic mass is 19.4. The molecule has 262 valence electrons. The van der Waals surface area contributed by atoms with Gasteiger partial charge in [0.05, 0.1) is 0 Å². The summed E-state index contributed by atoms with van der Waals surface area (Å²) in [4.78, 5) is 10.9. The van der Waals surface area contributed by atoms with Gasteiger partial charge in [-0.15, -0.1) is 0 Å². The van der Waals surface area contributed by atoms with E-state index in [1.54, 1.807) is 0 Å². The Morgan fingerprint density at radius 2 is 0.636 bits per heavy atom. The first kappa shape index (κ1) is 41.5. The van der Waals surface area contributed by atoms with Gasteiger partial charge in [0, 0.05) is 5.57 Å². The Kier molecular flexibility index (Phi) is 9.89. The minimum atomic E-state index is -9.65. The summed E-state index contributed by atoms with van der Waals surface area (Å²) in [6, 6.07) is 0. The van der Waals surface area contributed by atoms with Crippen molar-refractivity contribution < 1.29 is 119 Å². The van der Waals surface area contributed by atoms with E-state index < -0.39 is 89.5 Å². The van der Waals surface area contributed by atoms with Crippen molar-refractivity contribution in [3.05, 3.63) is 12.2 Å². The highest BCUT2D eigenvalue weighted by Crippen LogP contribution is 2.67. The molecule has 0 aromatic rings. The van der Waals surface area contributed by atoms with Crippen LogP contribution in [0.2, 0.25) is 0 Å². The third kappa shape index (κ3) is 5.15. The maximum atomic E-state index is 13.7. The lowest BCUT2D eigenvalue weighted by Gasteiger charge is -2.45. The first-order valence-electron chi connectivity index (χ1n) is 9.63. The summed E-state index contributed by atoms with van der Waals surface area (Å²) < 4.78 is 336. The van der Waals surface area contributed by atoms with Gasteiger partial charge in [-0.25, -0.2) is 4.79 Å². The SMILES string of the molecule is C=C(C)C(=O)OCC(F)(F)C(F)(F)C(F)(F)C(F)(F)C(F)(F)C(F)(F)C(F)(F)C(F)(F)C(F)(F)C(F)(F)C(F)(F)C(F)(F)F. The summed E-state index contributed by atoms with van der Waals surface area (Å²) in [7, 11) is 0. The first-order valence-corrected chi connectivity index (χ1v) is 9.63. The van der Waals surface area contributed by atoms with Crippen molar-refractivity contribution in [2.45, 2.75) is 78.2 Å². The van der Waals surface area contributed by atoms with Crippen molar-refractivity contribution in [2.24, 2.45) is 0 Å². The zero-order chi connectivity index (χ0) is 36.6. The highest BCUT2D eigenvalue weighted by molar-refractivity contribution is 5.86. The van der Waals surface area contributed by atoms with Crippen LogP contribution in [-0.4, -0.2) is 83.9 Å². The van der Waals surface area contributed by atoms with Gasteiger partial charge in [-0.05, 0) is 6.92 Å². The van der Waals surface area contributed by atoms with Crippen LogP contribution in [0.25, 0.3) is 0 Å². The van der Waals surface area contributed by atoms with E-state index in [2.05, 4.69) is 11.3 Å². The topological polar surface area (TPSA) is 26.3 Å². The van der Waals surface area contributed by atoms with Crippen molar-refractivity contribution in [1.29, 1.82) is 0 Å². The third-order valence-corrected chi connectivity index (χ3v) is 5.10. The number of halogens is 25. The molecule has 0 heterocycles. The van der Waals surface area contributed by atoms with Crippen molar-refractivity contribution >= 4 is 5.97 Å². The normalized spacial score (nSPS) is 16.2. The van der Waals surface area contributed by atoms with Gasteiger partial charge in [-0.3, -0.25) is 0 Å². The number of alkyl halides is 25. The lowest BCUT2D eigenvalue weighted by Crippen LogP contribution is -2.78. The molecular weight excluding hydrogens is 711 g/mol. The van der Waals surface area contributed by atoms with Gasteiger partial charge < -0.3 is 4.74 Å². The summed E-state index contributed by atoms with van der Waals surface area (Å²) in [6.07, 6.45) is -8.19. The number of ether oxygens (including phenoxy) is 1. The number of carbonyl (C=O) groups excluding carboxylic acids is 1. The van der Waals surface area contributed by atoms with Crippen LogP contribution in [0.4, 0.5) is 110 Å². The van der Waals surface area contributed by atoms with Crippen LogP contribution in [-0.2, 0) is 9.53 Å². The van der Waals surface area contributed by atoms with Crippen LogP contribution >= 0.6 is 0 Å². The van der Waals surface area contributed by atoms with Crippen LogP contribution in [0, 0.1) is 0 Å². The van der Waals surface area contributed by atoms with Crippen molar-refractivity contribution in [1.82, 2.24) is 0 Å². The zero-order valence-corrected chi connectivity index (χ0v) is 19.7. The molecule has 0 bridgehead atoms. The molecule has 0 rings (SSSR count). The van der Waals surface area contributed by atoms with Gasteiger partial charge in [0.15, 0.2) is 6.61 Å². The standard InChI is InChI=1S/C17H7F25O2/c1-4(2)5(43)44-3-6(18,19)7(20,21)8(22,23)9(24,25)10(26,27)11(28,29)12(30,31)13(32,33)14(34,35)15(36,37)16(38,39)17(40,41)42/h1,3H2,2H3. The van der Waals surface area contributed by atoms with Crippen LogP contribution < -0.4 is 0 Å². The van der Waals surface area contributed by atoms with Crippen LogP contribution in [0.1, 0.15) is 6.92 Å². The van der Waals surface area contributed by atoms with E-state index in [-0.39, 0.29) is 0 Å². The predicted molar refractivity (Wildman–Crippen MR) is 86.2 cm³/mol. The minimum absolute atomic E-state index is 0.504. The van der Waals surface area contributed by atoms with E-state index in [1.807, 2.05) is 0 Å². The maximum Gasteiger partial charge on any atom is 0.460 e. The van der Waals surface area contributed by atoms with Gasteiger partial charge in [0.1, 0.15) is 0 Å². The molecule has 0 N–H and O–H groups in total. The number of rotatable bonds is 13. The molecule has 0 saturated heterocycles. The second-order valence-electron chi connectivity index (χ2n) is 8.30. The van der Waals surface area contributed by atoms with Crippen molar-refractivity contribution in [2.75, 3.05) is 6.61 Å². The molecule has 0 radical (unpaired) electrons. The fourth-order valence-corrected chi connectivity index (χ4v) is 2.36. The fourth-order valence-electron chi connectivity index (χ4n) is 2.36. The highest BCUT2D eigenvalue weighted by Gasteiger charge is 2.99. The number of esters is 1. The molecule has 0 unspecified atom stereocenters. The molecule has 44 heavy (non-hydrogen) atoms. The van der Waals surface area contributed by atoms with Crippen molar-refractivity contribution in [3.63, 3.8) is 0 Å². The van der Waals surface area contributed by atoms with Gasteiger partial charge in [0.25, 0.3) is 0 Å². The Morgan fingerprint density at radius 1 is 0.432 bits per heavy atom. The molecule has 0 atom stereocenters. The first-order chi connectivity index (χ1) is 18.6. The van der Waals surface area contributed by atoms with Crippen LogP contribution in [0.15, 0.2) is 12.2 Å². The molecule has 0 aliphatic rings. The van der Waals surface area contributed by atoms with E-state index in [9.17, 15) is 115 Å². The zero-order valence-electron chi connectivity index (χ0n) is 19.7. The molecule has 0 aromatic heterocycles. The van der Waals surface area contributed by atoms with Gasteiger partial charge >= 0.3 is 77.3 Å². The molecule has 0 aliphatic heterocycles. The van der Waals surface area contributed by atoms with Gasteiger partial charge in [-0.2, -0.15) is 110 Å². The van der Waals surface area contributed by atoms with E-state index in [0.29, 0.717) is 6.92 Å². The Labute approximate surface area is 223 Å². The summed E-state index contributed by atoms with van der Waals surface area (Å²) >= 11 is 0. The predicted octanol–water partition coefficient (Wildman–Crippen LogP) is 8.66. The summed E-state index contributed by atoms with van der Waals surface area (Å²) in [5.74, 6) is -102. The Morgan fingerprint density at radius 3 is 0.841 bits per heavy atom. The van der Waals surface area contributed by atoms with E-state index in [1.165, 1.54) is 0 Å². The quantitative estimate of drug-likeness (QED) is 0.108. The van der Waals surface area contributed by atoms with E-state index >= 15 is 0 Å². The smallest absolute Gasteiger partial charge is 0.456 e. The molecule has 0 spiro atoms. The molecule has 2 nitrogen and oxygen atoms in total. The largest absolute Gasteiger partial charge is 0.460 e. The summed E-state index contributed by atoms with van der Waals surface area (Å²) in [5.41, 5.74) is -1.06. The molecule has 0 fully saturated rings. The second-order valence-corrected chi connectivity index (χ2v) is 8.30. The van der Waals surface area contributed by atoms with E-state index in [0.717, 1.165) is 0 Å². The Bertz CT molecular complexity index is 1100. The fraction of sp³-hybridized carbons (Fsp3) is 0.824. The summed E-state index contributed by atoms with van der Waals surface area (Å²) in [5, 5.41) is 0. The maximum absolute atomic E-state index is 13.7. The van der Waals surface area contributed by atoms with Crippen molar-refractivity contribution in [3.8, 4) is 0 Å². The molecule has 0 aliphatic carbocycles. The molecular formula is C17H7F25O2. The lowest BCUT2D eigenvalue weighted by molar-refractivity contribution is -0.482. The second kappa shape index (κ2) is 10.5. The Hall–Kier alpha value is -2.54. The van der Waals surface area contributed by atoms with Gasteiger partial charge in [0.2, 0.25) is 0 Å². The average molecular weight is 718 g/mol. The number of hydrogen-bond acceptors (Lipinski definition) is 2. The van der Waals surface area contributed by atoms with Crippen LogP contribution in [0.5, 0.6) is 0 Å². The summed E-state index contributed by atoms with van der Waals surface area (Å²) in [6.45, 7) is -0.499.